The molecule has 6 atom stereocenters. The number of anilines is 1. The molecule has 0 aliphatic carbocycles. The van der Waals surface area contributed by atoms with Gasteiger partial charge in [-0.1, -0.05) is 43.7 Å². The summed E-state index contributed by atoms with van der Waals surface area (Å²) < 4.78 is 11.8. The SMILES string of the molecule is CC(C)[C@H](CO)N1C(=O)[C@@H]2[C@H]3C(=O)OCC=C[C@H]3O[C@@]23C=CCN(c2ccc(Cl)cc2)C(=O)C13. The molecular weight excluding hydrogens is 460 g/mol. The summed E-state index contributed by atoms with van der Waals surface area (Å²) in [6, 6.07) is 5.22. The molecule has 9 heteroatoms. The van der Waals surface area contributed by atoms with Crippen molar-refractivity contribution in [3.63, 3.8) is 0 Å². The summed E-state index contributed by atoms with van der Waals surface area (Å²) >= 11 is 6.05. The van der Waals surface area contributed by atoms with Crippen LogP contribution in [0.2, 0.25) is 5.02 Å². The second-order valence-electron chi connectivity index (χ2n) is 9.47. The van der Waals surface area contributed by atoms with Crippen LogP contribution in [0.25, 0.3) is 0 Å². The number of carbonyl (C=O) groups excluding carboxylic acids is 3. The molecular formula is C25H27ClN2O6. The molecule has 4 aliphatic heterocycles. The van der Waals surface area contributed by atoms with Crippen molar-refractivity contribution < 1.29 is 29.0 Å². The number of nitrogens with zero attached hydrogens (tertiary/aromatic N) is 2. The third-order valence-electron chi connectivity index (χ3n) is 7.30. The summed E-state index contributed by atoms with van der Waals surface area (Å²) in [6.45, 7) is 3.82. The number of benzene rings is 1. The van der Waals surface area contributed by atoms with Gasteiger partial charge in [0.15, 0.2) is 0 Å². The van der Waals surface area contributed by atoms with Gasteiger partial charge in [-0.25, -0.2) is 0 Å². The Hall–Kier alpha value is -2.68. The monoisotopic (exact) mass is 486 g/mol. The number of hydrogen-bond acceptors (Lipinski definition) is 6. The normalized spacial score (nSPS) is 33.4. The van der Waals surface area contributed by atoms with Gasteiger partial charge in [0.1, 0.15) is 24.2 Å². The molecule has 1 N–H and O–H groups in total. The van der Waals surface area contributed by atoms with Gasteiger partial charge in [0.25, 0.3) is 5.91 Å². The predicted octanol–water partition coefficient (Wildman–Crippen LogP) is 1.95. The molecule has 180 valence electrons. The summed E-state index contributed by atoms with van der Waals surface area (Å²) in [4.78, 5) is 44.1. The average molecular weight is 487 g/mol. The molecule has 1 aromatic rings. The van der Waals surface area contributed by atoms with E-state index in [0.29, 0.717) is 10.7 Å². The van der Waals surface area contributed by atoms with Crippen LogP contribution in [-0.4, -0.2) is 71.3 Å². The molecule has 2 fully saturated rings. The second-order valence-corrected chi connectivity index (χ2v) is 9.90. The number of cyclic esters (lactones) is 1. The third-order valence-corrected chi connectivity index (χ3v) is 7.56. The van der Waals surface area contributed by atoms with E-state index >= 15 is 0 Å². The predicted molar refractivity (Wildman–Crippen MR) is 124 cm³/mol. The van der Waals surface area contributed by atoms with Crippen LogP contribution in [0.5, 0.6) is 0 Å². The summed E-state index contributed by atoms with van der Waals surface area (Å²) in [5.74, 6) is -3.17. The summed E-state index contributed by atoms with van der Waals surface area (Å²) in [7, 11) is 0. The molecule has 5 rings (SSSR count). The van der Waals surface area contributed by atoms with E-state index in [4.69, 9.17) is 21.1 Å². The van der Waals surface area contributed by atoms with Crippen LogP contribution >= 0.6 is 11.6 Å². The molecule has 0 aromatic heterocycles. The van der Waals surface area contributed by atoms with Crippen molar-refractivity contribution in [2.24, 2.45) is 17.8 Å². The minimum atomic E-state index is -1.35. The van der Waals surface area contributed by atoms with Gasteiger partial charge in [-0.3, -0.25) is 14.4 Å². The molecule has 0 saturated carbocycles. The number of esters is 1. The minimum absolute atomic E-state index is 0.112. The van der Waals surface area contributed by atoms with Gasteiger partial charge in [-0.2, -0.15) is 0 Å². The fourth-order valence-electron chi connectivity index (χ4n) is 5.74. The molecule has 1 unspecified atom stereocenters. The maximum Gasteiger partial charge on any atom is 0.313 e. The molecule has 1 aromatic carbocycles. The smallest absolute Gasteiger partial charge is 0.313 e. The maximum absolute atomic E-state index is 14.2. The fraction of sp³-hybridized carbons (Fsp3) is 0.480. The van der Waals surface area contributed by atoms with Crippen LogP contribution in [-0.2, 0) is 23.9 Å². The summed E-state index contributed by atoms with van der Waals surface area (Å²) in [6.07, 6.45) is 6.33. The zero-order chi connectivity index (χ0) is 24.2. The third kappa shape index (κ3) is 3.31. The molecule has 4 heterocycles. The van der Waals surface area contributed by atoms with Gasteiger partial charge in [0, 0.05) is 17.3 Å². The minimum Gasteiger partial charge on any atom is -0.461 e. The number of hydrogen-bond donors (Lipinski definition) is 1. The van der Waals surface area contributed by atoms with E-state index in [1.165, 1.54) is 4.90 Å². The second kappa shape index (κ2) is 8.52. The number of aliphatic hydroxyl groups excluding tert-OH is 1. The Labute approximate surface area is 202 Å². The number of fused-ring (bicyclic) bond motifs is 2. The number of carbonyl (C=O) groups is 3. The van der Waals surface area contributed by atoms with Gasteiger partial charge >= 0.3 is 5.97 Å². The van der Waals surface area contributed by atoms with Crippen LogP contribution in [0.1, 0.15) is 13.8 Å². The first-order chi connectivity index (χ1) is 16.3. The first kappa shape index (κ1) is 23.1. The van der Waals surface area contributed by atoms with E-state index in [-0.39, 0.29) is 37.5 Å². The number of rotatable bonds is 4. The first-order valence-electron chi connectivity index (χ1n) is 11.5. The van der Waals surface area contributed by atoms with E-state index in [0.717, 1.165) is 0 Å². The molecule has 1 spiro atoms. The maximum atomic E-state index is 14.2. The lowest BCUT2D eigenvalue weighted by molar-refractivity contribution is -0.154. The number of ether oxygens (including phenoxy) is 2. The Morgan fingerprint density at radius 2 is 1.88 bits per heavy atom. The lowest BCUT2D eigenvalue weighted by Gasteiger charge is -2.39. The number of aliphatic hydroxyl groups is 1. The lowest BCUT2D eigenvalue weighted by atomic mass is 9.78. The van der Waals surface area contributed by atoms with Gasteiger partial charge in [0.2, 0.25) is 5.91 Å². The van der Waals surface area contributed by atoms with Crippen molar-refractivity contribution in [2.45, 2.75) is 37.6 Å². The van der Waals surface area contributed by atoms with Gasteiger partial charge in [0.05, 0.1) is 24.7 Å². The zero-order valence-electron chi connectivity index (χ0n) is 19.0. The zero-order valence-corrected chi connectivity index (χ0v) is 19.7. The topological polar surface area (TPSA) is 96.4 Å². The number of amides is 2. The molecule has 8 nitrogen and oxygen atoms in total. The highest BCUT2D eigenvalue weighted by Crippen LogP contribution is 2.54. The Bertz CT molecular complexity index is 1070. The molecule has 34 heavy (non-hydrogen) atoms. The van der Waals surface area contributed by atoms with Crippen molar-refractivity contribution in [2.75, 3.05) is 24.7 Å². The van der Waals surface area contributed by atoms with Crippen LogP contribution in [0, 0.1) is 17.8 Å². The Balaban J connectivity index is 1.66. The molecule has 4 aliphatic rings. The van der Waals surface area contributed by atoms with Crippen molar-refractivity contribution in [1.82, 2.24) is 4.90 Å². The quantitative estimate of drug-likeness (QED) is 0.516. The van der Waals surface area contributed by atoms with Gasteiger partial charge in [-0.15, -0.1) is 0 Å². The standard InChI is InChI=1S/C25H27ClN2O6/c1-14(2)17(13-29)28-21-23(31)27(16-8-6-15(26)7-9-16)11-4-10-25(21)20(22(28)30)19-18(34-25)5-3-12-33-24(19)32/h3-10,14,17-21,29H,11-13H2,1-2H3/t17-,18+,19-,20-,21?,25-/m0/s1. The van der Waals surface area contributed by atoms with E-state index in [1.54, 1.807) is 53.5 Å². The summed E-state index contributed by atoms with van der Waals surface area (Å²) in [5.41, 5.74) is -0.725. The number of likely N-dealkylation sites (tertiary alicyclic amines) is 1. The first-order valence-corrected chi connectivity index (χ1v) is 11.9. The van der Waals surface area contributed by atoms with E-state index < -0.39 is 41.6 Å². The van der Waals surface area contributed by atoms with Crippen LogP contribution in [0.4, 0.5) is 5.69 Å². The Morgan fingerprint density at radius 3 is 2.56 bits per heavy atom. The van der Waals surface area contributed by atoms with Crippen molar-refractivity contribution in [3.05, 3.63) is 53.6 Å². The highest BCUT2D eigenvalue weighted by atomic mass is 35.5. The van der Waals surface area contributed by atoms with E-state index in [2.05, 4.69) is 0 Å². The van der Waals surface area contributed by atoms with Gasteiger partial charge < -0.3 is 24.4 Å². The molecule has 0 bridgehead atoms. The number of halogens is 1. The Kier molecular flexibility index (Phi) is 5.78. The van der Waals surface area contributed by atoms with Gasteiger partial charge in [-0.05, 0) is 36.3 Å². The Morgan fingerprint density at radius 1 is 1.15 bits per heavy atom. The van der Waals surface area contributed by atoms with Crippen molar-refractivity contribution in [3.8, 4) is 0 Å². The van der Waals surface area contributed by atoms with Crippen molar-refractivity contribution >= 4 is 35.1 Å². The van der Waals surface area contributed by atoms with E-state index in [1.807, 2.05) is 13.8 Å². The largest absolute Gasteiger partial charge is 0.461 e. The fourth-order valence-corrected chi connectivity index (χ4v) is 5.86. The van der Waals surface area contributed by atoms with Crippen molar-refractivity contribution in [1.29, 1.82) is 0 Å². The average Bonchev–Trinajstić information content (AvgIpc) is 3.10. The molecule has 2 amide bonds. The molecule has 2 saturated heterocycles. The van der Waals surface area contributed by atoms with E-state index in [9.17, 15) is 19.5 Å². The van der Waals surface area contributed by atoms with Crippen LogP contribution < -0.4 is 4.90 Å². The highest BCUT2D eigenvalue weighted by molar-refractivity contribution is 6.30. The van der Waals surface area contributed by atoms with Crippen LogP contribution in [0.15, 0.2) is 48.6 Å². The highest BCUT2D eigenvalue weighted by Gasteiger charge is 2.72. The molecule has 0 radical (unpaired) electrons. The summed E-state index contributed by atoms with van der Waals surface area (Å²) in [5, 5.41) is 10.8. The van der Waals surface area contributed by atoms with Crippen LogP contribution in [0.3, 0.4) is 0 Å². The lowest BCUT2D eigenvalue weighted by Crippen LogP contribution is -2.59.